The molecule has 0 saturated heterocycles. The first-order chi connectivity index (χ1) is 18.9. The van der Waals surface area contributed by atoms with E-state index in [9.17, 15) is 24.6 Å². The number of aromatic hydroxyl groups is 2. The minimum Gasteiger partial charge on any atom is -0.508 e. The molecule has 0 amide bonds. The Hall–Kier alpha value is -4.39. The van der Waals surface area contributed by atoms with Crippen molar-refractivity contribution in [3.05, 3.63) is 88.5 Å². The van der Waals surface area contributed by atoms with Crippen LogP contribution in [0.4, 0.5) is 0 Å². The third kappa shape index (κ3) is 8.30. The maximum absolute atomic E-state index is 12.9. The van der Waals surface area contributed by atoms with Gasteiger partial charge in [0.2, 0.25) is 0 Å². The summed E-state index contributed by atoms with van der Waals surface area (Å²) in [7, 11) is 0. The van der Waals surface area contributed by atoms with E-state index in [4.69, 9.17) is 9.47 Å². The van der Waals surface area contributed by atoms with Gasteiger partial charge >= 0.3 is 11.9 Å². The topological polar surface area (TPSA) is 110 Å². The lowest BCUT2D eigenvalue weighted by Crippen LogP contribution is -2.39. The van der Waals surface area contributed by atoms with E-state index in [0.29, 0.717) is 23.3 Å². The molecule has 40 heavy (non-hydrogen) atoms. The van der Waals surface area contributed by atoms with Crippen LogP contribution in [0.1, 0.15) is 65.0 Å². The van der Waals surface area contributed by atoms with E-state index in [1.54, 1.807) is 43.3 Å². The number of hydrogen-bond donors (Lipinski definition) is 2. The minimum atomic E-state index is -0.886. The molecule has 2 aromatic rings. The molecule has 0 radical (unpaired) electrons. The Bertz CT molecular complexity index is 1370. The summed E-state index contributed by atoms with van der Waals surface area (Å²) in [5.74, 6) is -1.18. The van der Waals surface area contributed by atoms with Gasteiger partial charge in [-0.2, -0.15) is 0 Å². The van der Waals surface area contributed by atoms with Gasteiger partial charge in [-0.25, -0.2) is 0 Å². The maximum Gasteiger partial charge on any atom is 0.311 e. The van der Waals surface area contributed by atoms with Gasteiger partial charge in [0.25, 0.3) is 0 Å². The van der Waals surface area contributed by atoms with Gasteiger partial charge in [-0.3, -0.25) is 14.4 Å². The Kier molecular flexibility index (Phi) is 9.88. The third-order valence-corrected chi connectivity index (χ3v) is 6.77. The first-order valence-electron chi connectivity index (χ1n) is 13.2. The fourth-order valence-electron chi connectivity index (χ4n) is 4.46. The van der Waals surface area contributed by atoms with Crippen molar-refractivity contribution in [1.82, 2.24) is 0 Å². The molecule has 1 atom stereocenters. The van der Waals surface area contributed by atoms with Gasteiger partial charge in [0.1, 0.15) is 17.2 Å². The molecule has 0 spiro atoms. The summed E-state index contributed by atoms with van der Waals surface area (Å²) in [5.41, 5.74) is 3.66. The molecular formula is C33H36O7. The molecular weight excluding hydrogens is 508 g/mol. The number of carbonyl (C=O) groups excluding carboxylic acids is 3. The normalized spacial score (nSPS) is 17.5. The first kappa shape index (κ1) is 30.2. The molecule has 0 aliphatic heterocycles. The predicted octanol–water partition coefficient (Wildman–Crippen LogP) is 6.70. The van der Waals surface area contributed by atoms with Gasteiger partial charge in [-0.1, -0.05) is 61.9 Å². The van der Waals surface area contributed by atoms with Crippen LogP contribution in [0, 0.1) is 5.41 Å². The van der Waals surface area contributed by atoms with Gasteiger partial charge in [0.15, 0.2) is 11.9 Å². The van der Waals surface area contributed by atoms with E-state index in [1.807, 2.05) is 45.9 Å². The molecule has 0 fully saturated rings. The van der Waals surface area contributed by atoms with Crippen LogP contribution in [-0.2, 0) is 19.1 Å². The molecule has 7 heteroatoms. The number of hydrogen-bond acceptors (Lipinski definition) is 7. The van der Waals surface area contributed by atoms with Crippen LogP contribution in [0.5, 0.6) is 17.2 Å². The fourth-order valence-corrected chi connectivity index (χ4v) is 4.46. The zero-order valence-corrected chi connectivity index (χ0v) is 23.6. The second kappa shape index (κ2) is 13.1. The van der Waals surface area contributed by atoms with E-state index < -0.39 is 18.0 Å². The Morgan fingerprint density at radius 3 is 2.17 bits per heavy atom. The monoisotopic (exact) mass is 544 g/mol. The Morgan fingerprint density at radius 2 is 1.55 bits per heavy atom. The zero-order valence-electron chi connectivity index (χ0n) is 23.6. The van der Waals surface area contributed by atoms with Gasteiger partial charge < -0.3 is 19.7 Å². The number of carbonyl (C=O) groups is 3. The highest BCUT2D eigenvalue weighted by molar-refractivity contribution is 6.01. The van der Waals surface area contributed by atoms with E-state index in [2.05, 4.69) is 0 Å². The molecule has 2 N–H and O–H groups in total. The average molecular weight is 545 g/mol. The first-order valence-corrected chi connectivity index (χ1v) is 13.2. The number of ketones is 1. The number of phenolic OH excluding ortho intramolecular Hbond substituents is 2. The molecule has 3 rings (SSSR count). The van der Waals surface area contributed by atoms with Gasteiger partial charge in [-0.15, -0.1) is 0 Å². The minimum absolute atomic E-state index is 0.0378. The van der Waals surface area contributed by atoms with Crippen molar-refractivity contribution in [2.75, 3.05) is 0 Å². The largest absolute Gasteiger partial charge is 0.508 e. The van der Waals surface area contributed by atoms with Crippen LogP contribution in [0.15, 0.2) is 77.4 Å². The Labute approximate surface area is 235 Å². The lowest BCUT2D eigenvalue weighted by Gasteiger charge is -2.36. The molecule has 210 valence electrons. The molecule has 0 heterocycles. The van der Waals surface area contributed by atoms with Crippen LogP contribution in [0.3, 0.4) is 0 Å². The van der Waals surface area contributed by atoms with E-state index >= 15 is 0 Å². The number of benzene rings is 2. The van der Waals surface area contributed by atoms with Crippen molar-refractivity contribution in [3.8, 4) is 17.2 Å². The summed E-state index contributed by atoms with van der Waals surface area (Å²) in [4.78, 5) is 37.7. The molecule has 0 bridgehead atoms. The summed E-state index contributed by atoms with van der Waals surface area (Å²) in [6.45, 7) is 9.73. The van der Waals surface area contributed by atoms with Crippen LogP contribution < -0.4 is 4.74 Å². The fraction of sp³-hybridized carbons (Fsp3) is 0.303. The van der Waals surface area contributed by atoms with Crippen molar-refractivity contribution in [3.63, 3.8) is 0 Å². The lowest BCUT2D eigenvalue weighted by atomic mass is 9.71. The van der Waals surface area contributed by atoms with Crippen molar-refractivity contribution in [2.45, 2.75) is 60.0 Å². The zero-order chi connectivity index (χ0) is 29.4. The highest BCUT2D eigenvalue weighted by Crippen LogP contribution is 2.41. The summed E-state index contributed by atoms with van der Waals surface area (Å²) in [5, 5.41) is 19.1. The molecule has 1 aliphatic rings. The summed E-state index contributed by atoms with van der Waals surface area (Å²) >= 11 is 0. The number of esters is 2. The van der Waals surface area contributed by atoms with Crippen LogP contribution in [0.2, 0.25) is 0 Å². The van der Waals surface area contributed by atoms with Gasteiger partial charge in [0.05, 0.1) is 12.8 Å². The SMILES string of the molecule is CC=C(C)C=CC1=C(C)C(=O)C(OC(=O)CCC(=O)Oc2ccc(C=Cc3cc(O)cc(O)c3)cc2)CC1(C)C. The van der Waals surface area contributed by atoms with Crippen molar-refractivity contribution >= 4 is 29.9 Å². The van der Waals surface area contributed by atoms with Crippen LogP contribution in [-0.4, -0.2) is 34.0 Å². The van der Waals surface area contributed by atoms with E-state index in [-0.39, 0.29) is 35.5 Å². The van der Waals surface area contributed by atoms with Crippen LogP contribution >= 0.6 is 0 Å². The molecule has 7 nitrogen and oxygen atoms in total. The number of rotatable bonds is 9. The van der Waals surface area contributed by atoms with Gasteiger partial charge in [0, 0.05) is 12.5 Å². The third-order valence-electron chi connectivity index (χ3n) is 6.77. The van der Waals surface area contributed by atoms with Crippen molar-refractivity contribution in [1.29, 1.82) is 0 Å². The Balaban J connectivity index is 1.51. The number of Topliss-reactive ketones (excluding diaryl/α,β-unsaturated/α-hetero) is 1. The second-order valence-electron chi connectivity index (χ2n) is 10.5. The van der Waals surface area contributed by atoms with E-state index in [0.717, 1.165) is 16.7 Å². The molecule has 0 saturated carbocycles. The van der Waals surface area contributed by atoms with Crippen molar-refractivity contribution in [2.24, 2.45) is 5.41 Å². The quantitative estimate of drug-likeness (QED) is 0.156. The number of phenols is 2. The number of ether oxygens (including phenoxy) is 2. The maximum atomic E-state index is 12.9. The standard InChI is InChI=1S/C33H36O7/c1-6-21(2)7-14-28-22(3)32(38)29(20-33(28,4)5)40-31(37)16-15-30(36)39-27-12-10-23(11-13-27)8-9-24-17-25(34)19-26(35)18-24/h6-14,17-19,29,34-35H,15-16,20H2,1-5H3. The second-order valence-corrected chi connectivity index (χ2v) is 10.5. The van der Waals surface area contributed by atoms with E-state index in [1.165, 1.54) is 18.2 Å². The van der Waals surface area contributed by atoms with Crippen molar-refractivity contribution < 1.29 is 34.1 Å². The van der Waals surface area contributed by atoms with Gasteiger partial charge in [-0.05, 0) is 72.7 Å². The summed E-state index contributed by atoms with van der Waals surface area (Å²) < 4.78 is 10.8. The molecule has 1 aliphatic carbocycles. The van der Waals surface area contributed by atoms with Crippen LogP contribution in [0.25, 0.3) is 12.2 Å². The lowest BCUT2D eigenvalue weighted by molar-refractivity contribution is -0.157. The molecule has 0 aromatic heterocycles. The predicted molar refractivity (Wildman–Crippen MR) is 155 cm³/mol. The summed E-state index contributed by atoms with van der Waals surface area (Å²) in [6, 6.07) is 11.0. The number of allylic oxidation sites excluding steroid dienone is 5. The highest BCUT2D eigenvalue weighted by atomic mass is 16.5. The molecule has 2 aromatic carbocycles. The smallest absolute Gasteiger partial charge is 0.311 e. The highest BCUT2D eigenvalue weighted by Gasteiger charge is 2.39. The Morgan fingerprint density at radius 1 is 0.950 bits per heavy atom. The molecule has 1 unspecified atom stereocenters. The summed E-state index contributed by atoms with van der Waals surface area (Å²) in [6.07, 6.45) is 8.52. The average Bonchev–Trinajstić information content (AvgIpc) is 2.89.